The summed E-state index contributed by atoms with van der Waals surface area (Å²) in [4.78, 5) is 23.1. The van der Waals surface area contributed by atoms with E-state index < -0.39 is 25.4 Å². The third-order valence-electron chi connectivity index (χ3n) is 1.81. The summed E-state index contributed by atoms with van der Waals surface area (Å²) in [6.07, 6.45) is 0.427. The molecule has 0 aromatic carbocycles. The quantitative estimate of drug-likeness (QED) is 0.578. The zero-order valence-corrected chi connectivity index (χ0v) is 12.7. The molecule has 5 nitrogen and oxygen atoms in total. The number of hydrogen-bond acceptors (Lipinski definition) is 5. The first kappa shape index (κ1) is 17.5. The molecule has 0 radical (unpaired) electrons. The van der Waals surface area contributed by atoms with E-state index in [1.807, 2.05) is 13.8 Å². The Morgan fingerprint density at radius 1 is 1.44 bits per heavy atom. The van der Waals surface area contributed by atoms with Gasteiger partial charge in [0.1, 0.15) is 11.6 Å². The van der Waals surface area contributed by atoms with E-state index in [1.54, 1.807) is 20.8 Å². The maximum Gasteiger partial charge on any atom is 0.323 e. The van der Waals surface area contributed by atoms with Crippen LogP contribution >= 0.6 is 7.77 Å². The highest BCUT2D eigenvalue weighted by Gasteiger charge is 2.22. The van der Waals surface area contributed by atoms with Gasteiger partial charge in [-0.25, -0.2) is 0 Å². The average molecular weight is 277 g/mol. The lowest BCUT2D eigenvalue weighted by molar-refractivity contribution is -0.157. The van der Waals surface area contributed by atoms with Crippen molar-refractivity contribution < 1.29 is 19.2 Å². The SMILES string of the molecule is CC(C)OC[P+]([O-])=CCC(N)C(=O)OC(C)(C)C. The Morgan fingerprint density at radius 2 is 2.00 bits per heavy atom. The van der Waals surface area contributed by atoms with Crippen LogP contribution in [0.4, 0.5) is 0 Å². The van der Waals surface area contributed by atoms with Gasteiger partial charge in [0, 0.05) is 6.42 Å². The Hall–Kier alpha value is -0.480. The monoisotopic (exact) mass is 277 g/mol. The van der Waals surface area contributed by atoms with Gasteiger partial charge in [0.15, 0.2) is 0 Å². The fourth-order valence-electron chi connectivity index (χ4n) is 0.980. The van der Waals surface area contributed by atoms with Gasteiger partial charge in [0.25, 0.3) is 0 Å². The van der Waals surface area contributed by atoms with Crippen LogP contribution in [0, 0.1) is 0 Å². The van der Waals surface area contributed by atoms with E-state index in [0.29, 0.717) is 0 Å². The third-order valence-corrected chi connectivity index (χ3v) is 2.83. The summed E-state index contributed by atoms with van der Waals surface area (Å²) >= 11 is 0. The first-order valence-corrected chi connectivity index (χ1v) is 7.50. The molecular weight excluding hydrogens is 253 g/mol. The summed E-state index contributed by atoms with van der Waals surface area (Å²) < 4.78 is 10.3. The van der Waals surface area contributed by atoms with Gasteiger partial charge in [-0.1, -0.05) is 0 Å². The van der Waals surface area contributed by atoms with Crippen LogP contribution in [0.5, 0.6) is 0 Å². The number of carbonyl (C=O) groups is 1. The highest BCUT2D eigenvalue weighted by atomic mass is 31.1. The van der Waals surface area contributed by atoms with Gasteiger partial charge in [-0.05, 0) is 34.6 Å². The smallest absolute Gasteiger partial charge is 0.323 e. The molecule has 0 aliphatic carbocycles. The minimum atomic E-state index is -1.59. The second-order valence-electron chi connectivity index (χ2n) is 5.32. The van der Waals surface area contributed by atoms with Crippen molar-refractivity contribution in [2.24, 2.45) is 5.73 Å². The number of ether oxygens (including phenoxy) is 2. The van der Waals surface area contributed by atoms with Crippen molar-refractivity contribution in [3.05, 3.63) is 0 Å². The summed E-state index contributed by atoms with van der Waals surface area (Å²) in [5.41, 5.74) is 5.10. The van der Waals surface area contributed by atoms with E-state index in [1.165, 1.54) is 5.80 Å². The lowest BCUT2D eigenvalue weighted by Crippen LogP contribution is -2.37. The fraction of sp³-hybridized carbons (Fsp3) is 0.833. The van der Waals surface area contributed by atoms with Gasteiger partial charge in [-0.15, -0.1) is 0 Å². The van der Waals surface area contributed by atoms with Crippen LogP contribution in [0.2, 0.25) is 0 Å². The first-order valence-electron chi connectivity index (χ1n) is 5.99. The van der Waals surface area contributed by atoms with Crippen molar-refractivity contribution in [2.45, 2.75) is 58.8 Å². The zero-order chi connectivity index (χ0) is 14.3. The van der Waals surface area contributed by atoms with E-state index in [-0.39, 0.29) is 18.9 Å². The number of hydrogen-bond donors (Lipinski definition) is 1. The molecule has 106 valence electrons. The predicted octanol–water partition coefficient (Wildman–Crippen LogP) is 0.987. The van der Waals surface area contributed by atoms with Crippen molar-refractivity contribution >= 4 is 19.5 Å². The molecule has 0 spiro atoms. The van der Waals surface area contributed by atoms with Crippen molar-refractivity contribution in [3.8, 4) is 0 Å². The van der Waals surface area contributed by atoms with Crippen molar-refractivity contribution in [3.63, 3.8) is 0 Å². The molecule has 0 rings (SSSR count). The van der Waals surface area contributed by atoms with E-state index >= 15 is 0 Å². The van der Waals surface area contributed by atoms with Crippen LogP contribution < -0.4 is 10.6 Å². The van der Waals surface area contributed by atoms with Gasteiger partial charge in [-0.3, -0.25) is 4.79 Å². The molecule has 0 heterocycles. The molecule has 0 bridgehead atoms. The van der Waals surface area contributed by atoms with Crippen LogP contribution in [-0.4, -0.2) is 35.9 Å². The minimum absolute atomic E-state index is 0.0388. The van der Waals surface area contributed by atoms with Crippen LogP contribution in [0.1, 0.15) is 41.0 Å². The molecule has 6 heteroatoms. The second-order valence-corrected chi connectivity index (χ2v) is 6.78. The van der Waals surface area contributed by atoms with Gasteiger partial charge in [0.2, 0.25) is 6.35 Å². The summed E-state index contributed by atoms with van der Waals surface area (Å²) in [6, 6.07) is -0.776. The summed E-state index contributed by atoms with van der Waals surface area (Å²) in [7, 11) is -1.59. The lowest BCUT2D eigenvalue weighted by atomic mass is 10.2. The molecule has 0 aromatic heterocycles. The fourth-order valence-corrected chi connectivity index (χ4v) is 1.99. The molecule has 0 fully saturated rings. The number of rotatable bonds is 6. The van der Waals surface area contributed by atoms with Gasteiger partial charge in [0.05, 0.1) is 19.7 Å². The molecule has 2 N–H and O–H groups in total. The Morgan fingerprint density at radius 3 is 2.44 bits per heavy atom. The van der Waals surface area contributed by atoms with E-state index in [4.69, 9.17) is 15.2 Å². The molecule has 2 atom stereocenters. The highest BCUT2D eigenvalue weighted by Crippen LogP contribution is 2.13. The average Bonchev–Trinajstić information content (AvgIpc) is 2.20. The molecule has 0 amide bonds. The van der Waals surface area contributed by atoms with Gasteiger partial charge >= 0.3 is 5.97 Å². The van der Waals surface area contributed by atoms with Gasteiger partial charge in [-0.2, -0.15) is 0 Å². The Balaban J connectivity index is 4.11. The van der Waals surface area contributed by atoms with Crippen LogP contribution in [0.3, 0.4) is 0 Å². The van der Waals surface area contributed by atoms with Crippen LogP contribution in [-0.2, 0) is 14.3 Å². The standard InChI is InChI=1S/C12H24NO4P/c1-9(2)16-8-18(15)7-6-10(13)11(14)17-12(3,4)5/h7,9-10H,6,8,13H2,1-5H3. The van der Waals surface area contributed by atoms with Crippen LogP contribution in [0.15, 0.2) is 0 Å². The molecule has 0 saturated heterocycles. The summed E-state index contributed by atoms with van der Waals surface area (Å²) in [5, 5.41) is 0. The maximum atomic E-state index is 11.5. The molecule has 18 heavy (non-hydrogen) atoms. The molecule has 0 aliphatic rings. The topological polar surface area (TPSA) is 84.6 Å². The van der Waals surface area contributed by atoms with E-state index in [9.17, 15) is 9.69 Å². The third kappa shape index (κ3) is 9.54. The second kappa shape index (κ2) is 7.85. The summed E-state index contributed by atoms with van der Waals surface area (Å²) in [6.45, 7) is 9.07. The lowest BCUT2D eigenvalue weighted by Gasteiger charge is -2.21. The van der Waals surface area contributed by atoms with Gasteiger partial charge < -0.3 is 20.1 Å². The maximum absolute atomic E-state index is 11.5. The number of carbonyl (C=O) groups excluding carboxylic acids is 1. The van der Waals surface area contributed by atoms with Crippen molar-refractivity contribution in [1.82, 2.24) is 0 Å². The summed E-state index contributed by atoms with van der Waals surface area (Å²) in [5.74, 6) is 1.04. The van der Waals surface area contributed by atoms with E-state index in [2.05, 4.69) is 0 Å². The molecule has 0 saturated carbocycles. The molecule has 0 aromatic rings. The molecule has 0 aliphatic heterocycles. The van der Waals surface area contributed by atoms with Crippen LogP contribution in [0.25, 0.3) is 0 Å². The number of esters is 1. The Kier molecular flexibility index (Phi) is 7.64. The Labute approximate surface area is 110 Å². The molecule has 2 unspecified atom stereocenters. The largest absolute Gasteiger partial charge is 0.629 e. The van der Waals surface area contributed by atoms with Crippen molar-refractivity contribution in [1.29, 1.82) is 0 Å². The normalized spacial score (nSPS) is 14.8. The zero-order valence-electron chi connectivity index (χ0n) is 11.8. The number of nitrogens with two attached hydrogens (primary N) is 1. The first-order chi connectivity index (χ1) is 8.11. The predicted molar refractivity (Wildman–Crippen MR) is 72.5 cm³/mol. The highest BCUT2D eigenvalue weighted by molar-refractivity contribution is 7.49. The Bertz CT molecular complexity index is 297. The minimum Gasteiger partial charge on any atom is -0.629 e. The van der Waals surface area contributed by atoms with E-state index in [0.717, 1.165) is 0 Å². The molecular formula is C12H24NO4P. The van der Waals surface area contributed by atoms with Crippen molar-refractivity contribution in [2.75, 3.05) is 6.35 Å².